The van der Waals surface area contributed by atoms with Gasteiger partial charge in [0.25, 0.3) is 0 Å². The first-order chi connectivity index (χ1) is 9.55. The molecule has 106 valence electrons. The van der Waals surface area contributed by atoms with Gasteiger partial charge in [-0.15, -0.1) is 0 Å². The molecule has 2 heterocycles. The van der Waals surface area contributed by atoms with Crippen LogP contribution >= 0.6 is 0 Å². The summed E-state index contributed by atoms with van der Waals surface area (Å²) < 4.78 is 0. The molecule has 2 fully saturated rings. The van der Waals surface area contributed by atoms with Crippen molar-refractivity contribution in [1.29, 1.82) is 0 Å². The van der Waals surface area contributed by atoms with E-state index >= 15 is 0 Å². The number of aliphatic carboxylic acids is 1. The van der Waals surface area contributed by atoms with Gasteiger partial charge < -0.3 is 10.0 Å². The maximum Gasteiger partial charge on any atom is 0.328 e. The van der Waals surface area contributed by atoms with Crippen LogP contribution in [0.25, 0.3) is 0 Å². The standard InChI is InChI=1S/C16H19NO3/c1-11-5-4-8-17-14(18)9-12-6-2-3-7-16(12,17)13(11)10-15(19)20/h2,6,10,12H,1,3-5,7-9H2,(H,19,20)/b13-10+/t12-,16-/m0/s1. The van der Waals surface area contributed by atoms with E-state index < -0.39 is 11.5 Å². The first-order valence-electron chi connectivity index (χ1n) is 7.16. The van der Waals surface area contributed by atoms with Crippen LogP contribution in [0, 0.1) is 5.92 Å². The molecule has 1 spiro atoms. The van der Waals surface area contributed by atoms with Crippen LogP contribution in [-0.2, 0) is 9.59 Å². The molecule has 1 N–H and O–H groups in total. The summed E-state index contributed by atoms with van der Waals surface area (Å²) >= 11 is 0. The molecule has 2 atom stereocenters. The van der Waals surface area contributed by atoms with Crippen molar-refractivity contribution in [3.8, 4) is 0 Å². The molecule has 2 saturated heterocycles. The number of carboxylic acid groups (broad SMARTS) is 1. The summed E-state index contributed by atoms with van der Waals surface area (Å²) in [6, 6.07) is 0. The number of nitrogens with zero attached hydrogens (tertiary/aromatic N) is 1. The Kier molecular flexibility index (Phi) is 3.04. The van der Waals surface area contributed by atoms with Gasteiger partial charge in [0, 0.05) is 25.0 Å². The Bertz CT molecular complexity index is 546. The number of hydrogen-bond acceptors (Lipinski definition) is 2. The summed E-state index contributed by atoms with van der Waals surface area (Å²) in [7, 11) is 0. The summed E-state index contributed by atoms with van der Waals surface area (Å²) in [5.74, 6) is -0.721. The Labute approximate surface area is 118 Å². The van der Waals surface area contributed by atoms with Gasteiger partial charge >= 0.3 is 5.97 Å². The van der Waals surface area contributed by atoms with Crippen LogP contribution in [0.4, 0.5) is 0 Å². The topological polar surface area (TPSA) is 57.6 Å². The lowest BCUT2D eigenvalue weighted by Crippen LogP contribution is -2.51. The van der Waals surface area contributed by atoms with Crippen LogP contribution in [0.1, 0.15) is 32.1 Å². The van der Waals surface area contributed by atoms with E-state index in [2.05, 4.69) is 18.7 Å². The molecule has 0 radical (unpaired) electrons. The first kappa shape index (κ1) is 13.2. The Morgan fingerprint density at radius 2 is 2.35 bits per heavy atom. The lowest BCUT2D eigenvalue weighted by Gasteiger charge is -2.44. The van der Waals surface area contributed by atoms with Crippen molar-refractivity contribution in [2.45, 2.75) is 37.6 Å². The summed E-state index contributed by atoms with van der Waals surface area (Å²) in [5, 5.41) is 9.21. The van der Waals surface area contributed by atoms with Crippen molar-refractivity contribution < 1.29 is 14.7 Å². The van der Waals surface area contributed by atoms with Gasteiger partial charge in [-0.1, -0.05) is 18.7 Å². The zero-order valence-corrected chi connectivity index (χ0v) is 11.5. The number of carboxylic acids is 1. The zero-order valence-electron chi connectivity index (χ0n) is 11.5. The second-order valence-corrected chi connectivity index (χ2v) is 5.85. The van der Waals surface area contributed by atoms with E-state index in [-0.39, 0.29) is 11.8 Å². The van der Waals surface area contributed by atoms with Crippen LogP contribution in [0.3, 0.4) is 0 Å². The highest BCUT2D eigenvalue weighted by Gasteiger charge is 2.55. The smallest absolute Gasteiger partial charge is 0.328 e. The maximum atomic E-state index is 12.3. The lowest BCUT2D eigenvalue weighted by molar-refractivity contribution is -0.132. The second kappa shape index (κ2) is 4.62. The van der Waals surface area contributed by atoms with Crippen molar-refractivity contribution in [3.63, 3.8) is 0 Å². The molecule has 0 aromatic rings. The minimum absolute atomic E-state index is 0.0872. The Hall–Kier alpha value is -1.84. The van der Waals surface area contributed by atoms with Gasteiger partial charge in [0.15, 0.2) is 0 Å². The molecule has 3 rings (SSSR count). The number of rotatable bonds is 1. The number of hydrogen-bond donors (Lipinski definition) is 1. The highest BCUT2D eigenvalue weighted by Crippen LogP contribution is 2.51. The molecular weight excluding hydrogens is 254 g/mol. The average Bonchev–Trinajstić information content (AvgIpc) is 2.61. The van der Waals surface area contributed by atoms with Gasteiger partial charge in [-0.25, -0.2) is 4.79 Å². The minimum atomic E-state index is -0.954. The van der Waals surface area contributed by atoms with Gasteiger partial charge in [0.05, 0.1) is 5.54 Å². The molecule has 4 nitrogen and oxygen atoms in total. The van der Waals surface area contributed by atoms with Crippen molar-refractivity contribution in [2.75, 3.05) is 6.54 Å². The van der Waals surface area contributed by atoms with Crippen molar-refractivity contribution >= 4 is 11.9 Å². The fourth-order valence-electron chi connectivity index (χ4n) is 4.05. The van der Waals surface area contributed by atoms with Crippen LogP contribution in [0.5, 0.6) is 0 Å². The molecule has 0 aromatic heterocycles. The predicted octanol–water partition coefficient (Wildman–Crippen LogP) is 2.28. The first-order valence-corrected chi connectivity index (χ1v) is 7.16. The monoisotopic (exact) mass is 273 g/mol. The molecule has 0 aromatic carbocycles. The largest absolute Gasteiger partial charge is 0.478 e. The lowest BCUT2D eigenvalue weighted by atomic mass is 9.70. The van der Waals surface area contributed by atoms with E-state index in [1.165, 1.54) is 6.08 Å². The quantitative estimate of drug-likeness (QED) is 0.589. The number of carbonyl (C=O) groups is 2. The Balaban J connectivity index is 2.19. The van der Waals surface area contributed by atoms with E-state index in [9.17, 15) is 14.7 Å². The Morgan fingerprint density at radius 1 is 1.55 bits per heavy atom. The van der Waals surface area contributed by atoms with Crippen molar-refractivity contribution in [3.05, 3.63) is 36.0 Å². The molecule has 3 aliphatic rings. The van der Waals surface area contributed by atoms with Crippen LogP contribution < -0.4 is 0 Å². The van der Waals surface area contributed by atoms with Gasteiger partial charge in [0.1, 0.15) is 0 Å². The van der Waals surface area contributed by atoms with E-state index in [0.29, 0.717) is 13.0 Å². The van der Waals surface area contributed by atoms with Crippen LogP contribution in [-0.4, -0.2) is 34.0 Å². The normalized spacial score (nSPS) is 34.9. The molecule has 0 bridgehead atoms. The van der Waals surface area contributed by atoms with Crippen LogP contribution in [0.2, 0.25) is 0 Å². The van der Waals surface area contributed by atoms with E-state index in [4.69, 9.17) is 0 Å². The zero-order chi connectivity index (χ0) is 14.3. The molecule has 2 aliphatic heterocycles. The van der Waals surface area contributed by atoms with Gasteiger partial charge in [0.2, 0.25) is 5.91 Å². The summed E-state index contributed by atoms with van der Waals surface area (Å²) in [4.78, 5) is 25.5. The predicted molar refractivity (Wildman–Crippen MR) is 75.0 cm³/mol. The summed E-state index contributed by atoms with van der Waals surface area (Å²) in [5.41, 5.74) is 1.19. The third-order valence-electron chi connectivity index (χ3n) is 4.83. The third-order valence-corrected chi connectivity index (χ3v) is 4.83. The highest BCUT2D eigenvalue weighted by atomic mass is 16.4. The minimum Gasteiger partial charge on any atom is -0.478 e. The Morgan fingerprint density at radius 3 is 3.10 bits per heavy atom. The second-order valence-electron chi connectivity index (χ2n) is 5.85. The summed E-state index contributed by atoms with van der Waals surface area (Å²) in [6.45, 7) is 4.79. The molecular formula is C16H19NO3. The number of amides is 1. The SMILES string of the molecule is C=C1CCCN2C(=O)C[C@@H]3C=CCC[C@@]32/C1=C/C(=O)O. The number of carbonyl (C=O) groups excluding carboxylic acids is 1. The molecule has 1 amide bonds. The molecule has 4 heteroatoms. The van der Waals surface area contributed by atoms with Gasteiger partial charge in [-0.05, 0) is 36.8 Å². The fourth-order valence-corrected chi connectivity index (χ4v) is 4.05. The van der Waals surface area contributed by atoms with Gasteiger partial charge in [-0.2, -0.15) is 0 Å². The van der Waals surface area contributed by atoms with Gasteiger partial charge in [-0.3, -0.25) is 4.79 Å². The molecule has 1 aliphatic carbocycles. The van der Waals surface area contributed by atoms with E-state index in [1.54, 1.807) is 0 Å². The number of allylic oxidation sites excluding steroid dienone is 1. The van der Waals surface area contributed by atoms with E-state index in [1.807, 2.05) is 4.90 Å². The van der Waals surface area contributed by atoms with E-state index in [0.717, 1.165) is 36.8 Å². The highest BCUT2D eigenvalue weighted by molar-refractivity contribution is 5.86. The molecule has 0 saturated carbocycles. The van der Waals surface area contributed by atoms with Crippen molar-refractivity contribution in [2.24, 2.45) is 5.92 Å². The molecule has 0 unspecified atom stereocenters. The third kappa shape index (κ3) is 1.74. The average molecular weight is 273 g/mol. The molecule has 20 heavy (non-hydrogen) atoms. The van der Waals surface area contributed by atoms with Crippen molar-refractivity contribution in [1.82, 2.24) is 4.90 Å². The summed E-state index contributed by atoms with van der Waals surface area (Å²) in [6.07, 6.45) is 9.28. The van der Waals surface area contributed by atoms with Crippen LogP contribution in [0.15, 0.2) is 36.0 Å². The maximum absolute atomic E-state index is 12.3. The fraction of sp³-hybridized carbons (Fsp3) is 0.500.